The Morgan fingerprint density at radius 2 is 2.15 bits per heavy atom. The summed E-state index contributed by atoms with van der Waals surface area (Å²) in [5.74, 6) is -0.0337. The maximum Gasteiger partial charge on any atom is 0.254 e. The summed E-state index contributed by atoms with van der Waals surface area (Å²) in [6.45, 7) is 3.71. The number of H-pyrrole nitrogens is 1. The minimum Gasteiger partial charge on any atom is -0.301 e. The van der Waals surface area contributed by atoms with Crippen molar-refractivity contribution < 1.29 is 4.39 Å². The maximum absolute atomic E-state index is 13.6. The van der Waals surface area contributed by atoms with E-state index in [1.807, 2.05) is 6.92 Å². The summed E-state index contributed by atoms with van der Waals surface area (Å²) < 4.78 is 13.6. The standard InChI is InChI=1S/C14H14ClFN2OS/c1-3-9-8(2)17-14(18-13(9)19)20-7-10-11(15)5-4-6-12(10)16/h4-6H,3,7H2,1-2H3,(H,17,18,19). The van der Waals surface area contributed by atoms with E-state index in [4.69, 9.17) is 11.6 Å². The fourth-order valence-electron chi connectivity index (χ4n) is 1.88. The van der Waals surface area contributed by atoms with Gasteiger partial charge in [-0.1, -0.05) is 36.4 Å². The molecule has 6 heteroatoms. The summed E-state index contributed by atoms with van der Waals surface area (Å²) in [4.78, 5) is 18.9. The topological polar surface area (TPSA) is 45.8 Å². The second kappa shape index (κ2) is 6.41. The average molecular weight is 313 g/mol. The van der Waals surface area contributed by atoms with Gasteiger partial charge in [-0.25, -0.2) is 9.37 Å². The van der Waals surface area contributed by atoms with Crippen LogP contribution in [-0.2, 0) is 12.2 Å². The third kappa shape index (κ3) is 3.22. The molecule has 0 unspecified atom stereocenters. The fraction of sp³-hybridized carbons (Fsp3) is 0.286. The average Bonchev–Trinajstić information content (AvgIpc) is 2.38. The Morgan fingerprint density at radius 3 is 2.75 bits per heavy atom. The first kappa shape index (κ1) is 15.1. The van der Waals surface area contributed by atoms with Crippen LogP contribution in [0.1, 0.15) is 23.7 Å². The molecule has 0 aliphatic carbocycles. The molecule has 3 nitrogen and oxygen atoms in total. The van der Waals surface area contributed by atoms with Crippen molar-refractivity contribution in [2.45, 2.75) is 31.2 Å². The number of hydrogen-bond acceptors (Lipinski definition) is 3. The molecule has 0 aliphatic rings. The SMILES string of the molecule is CCc1c(C)nc(SCc2c(F)cccc2Cl)[nH]c1=O. The van der Waals surface area contributed by atoms with Crippen molar-refractivity contribution in [2.75, 3.05) is 0 Å². The van der Waals surface area contributed by atoms with Crippen molar-refractivity contribution in [3.8, 4) is 0 Å². The van der Waals surface area contributed by atoms with E-state index in [2.05, 4.69) is 9.97 Å². The van der Waals surface area contributed by atoms with E-state index < -0.39 is 0 Å². The van der Waals surface area contributed by atoms with Gasteiger partial charge in [0.25, 0.3) is 5.56 Å². The molecule has 2 rings (SSSR count). The molecule has 0 saturated heterocycles. The molecule has 0 spiro atoms. The minimum atomic E-state index is -0.353. The predicted molar refractivity (Wildman–Crippen MR) is 79.9 cm³/mol. The Hall–Kier alpha value is -1.33. The molecule has 1 aromatic carbocycles. The van der Waals surface area contributed by atoms with E-state index in [1.54, 1.807) is 19.1 Å². The predicted octanol–water partition coefficient (Wildman–Crippen LogP) is 3.73. The molecular formula is C14H14ClFN2OS. The number of rotatable bonds is 4. The first-order valence-corrected chi connectivity index (χ1v) is 7.54. The normalized spacial score (nSPS) is 10.8. The van der Waals surface area contributed by atoms with Gasteiger partial charge in [-0.15, -0.1) is 0 Å². The highest BCUT2D eigenvalue weighted by atomic mass is 35.5. The van der Waals surface area contributed by atoms with Gasteiger partial charge in [0.1, 0.15) is 5.82 Å². The zero-order chi connectivity index (χ0) is 14.7. The quantitative estimate of drug-likeness (QED) is 0.691. The molecule has 20 heavy (non-hydrogen) atoms. The summed E-state index contributed by atoms with van der Waals surface area (Å²) >= 11 is 7.22. The Kier molecular flexibility index (Phi) is 4.83. The lowest BCUT2D eigenvalue weighted by atomic mass is 10.2. The van der Waals surface area contributed by atoms with Crippen molar-refractivity contribution in [3.05, 3.63) is 56.2 Å². The van der Waals surface area contributed by atoms with Crippen molar-refractivity contribution in [1.29, 1.82) is 0 Å². The number of aromatic nitrogens is 2. The second-order valence-corrected chi connectivity index (χ2v) is 5.65. The van der Waals surface area contributed by atoms with Crippen LogP contribution in [0.15, 0.2) is 28.2 Å². The van der Waals surface area contributed by atoms with Crippen LogP contribution < -0.4 is 5.56 Å². The molecule has 0 atom stereocenters. The lowest BCUT2D eigenvalue weighted by Gasteiger charge is -2.07. The van der Waals surface area contributed by atoms with Crippen LogP contribution in [0.25, 0.3) is 0 Å². The van der Waals surface area contributed by atoms with Gasteiger partial charge in [-0.05, 0) is 25.5 Å². The van der Waals surface area contributed by atoms with Crippen LogP contribution in [0.2, 0.25) is 5.02 Å². The molecule has 1 N–H and O–H groups in total. The zero-order valence-electron chi connectivity index (χ0n) is 11.2. The molecular weight excluding hydrogens is 299 g/mol. The minimum absolute atomic E-state index is 0.137. The number of nitrogens with zero attached hydrogens (tertiary/aromatic N) is 1. The highest BCUT2D eigenvalue weighted by Gasteiger charge is 2.10. The summed E-state index contributed by atoms with van der Waals surface area (Å²) in [6, 6.07) is 4.57. The highest BCUT2D eigenvalue weighted by molar-refractivity contribution is 7.98. The highest BCUT2D eigenvalue weighted by Crippen LogP contribution is 2.26. The van der Waals surface area contributed by atoms with Crippen LogP contribution in [-0.4, -0.2) is 9.97 Å². The molecule has 106 valence electrons. The lowest BCUT2D eigenvalue weighted by Crippen LogP contribution is -2.16. The Morgan fingerprint density at radius 1 is 1.40 bits per heavy atom. The Labute approximate surface area is 125 Å². The molecule has 0 amide bonds. The maximum atomic E-state index is 13.6. The van der Waals surface area contributed by atoms with Gasteiger partial charge in [0, 0.05) is 27.6 Å². The fourth-order valence-corrected chi connectivity index (χ4v) is 3.13. The molecule has 0 saturated carbocycles. The van der Waals surface area contributed by atoms with Crippen molar-refractivity contribution >= 4 is 23.4 Å². The van der Waals surface area contributed by atoms with Crippen LogP contribution in [0, 0.1) is 12.7 Å². The van der Waals surface area contributed by atoms with E-state index in [0.29, 0.717) is 39.2 Å². The lowest BCUT2D eigenvalue weighted by molar-refractivity contribution is 0.617. The Balaban J connectivity index is 2.22. The number of hydrogen-bond donors (Lipinski definition) is 1. The molecule has 0 radical (unpaired) electrons. The van der Waals surface area contributed by atoms with Gasteiger partial charge in [-0.3, -0.25) is 4.79 Å². The number of thioether (sulfide) groups is 1. The first-order valence-electron chi connectivity index (χ1n) is 6.18. The molecule has 1 aromatic heterocycles. The number of nitrogens with one attached hydrogen (secondary N) is 1. The van der Waals surface area contributed by atoms with E-state index in [0.717, 1.165) is 0 Å². The monoisotopic (exact) mass is 312 g/mol. The van der Waals surface area contributed by atoms with Crippen molar-refractivity contribution in [1.82, 2.24) is 9.97 Å². The molecule has 2 aromatic rings. The number of aromatic amines is 1. The van der Waals surface area contributed by atoms with Crippen LogP contribution in [0.3, 0.4) is 0 Å². The summed E-state index contributed by atoms with van der Waals surface area (Å²) in [7, 11) is 0. The number of halogens is 2. The smallest absolute Gasteiger partial charge is 0.254 e. The van der Waals surface area contributed by atoms with E-state index >= 15 is 0 Å². The van der Waals surface area contributed by atoms with Gasteiger partial charge < -0.3 is 4.98 Å². The third-order valence-electron chi connectivity index (χ3n) is 2.97. The van der Waals surface area contributed by atoms with Crippen molar-refractivity contribution in [3.63, 3.8) is 0 Å². The van der Waals surface area contributed by atoms with Crippen LogP contribution in [0.5, 0.6) is 0 Å². The van der Waals surface area contributed by atoms with E-state index in [1.165, 1.54) is 17.8 Å². The summed E-state index contributed by atoms with van der Waals surface area (Å²) in [5, 5.41) is 0.853. The Bertz CT molecular complexity index is 667. The van der Waals surface area contributed by atoms with Gasteiger partial charge in [0.2, 0.25) is 0 Å². The van der Waals surface area contributed by atoms with Crippen LogP contribution in [0.4, 0.5) is 4.39 Å². The number of benzene rings is 1. The zero-order valence-corrected chi connectivity index (χ0v) is 12.7. The molecule has 0 fully saturated rings. The molecule has 0 aliphatic heterocycles. The number of aryl methyl sites for hydroxylation is 1. The molecule has 0 bridgehead atoms. The van der Waals surface area contributed by atoms with Gasteiger partial charge in [0.05, 0.1) is 0 Å². The van der Waals surface area contributed by atoms with Gasteiger partial charge in [0.15, 0.2) is 5.16 Å². The first-order chi connectivity index (χ1) is 9.52. The van der Waals surface area contributed by atoms with Gasteiger partial charge >= 0.3 is 0 Å². The molecule has 1 heterocycles. The van der Waals surface area contributed by atoms with Crippen molar-refractivity contribution in [2.24, 2.45) is 0 Å². The van der Waals surface area contributed by atoms with E-state index in [9.17, 15) is 9.18 Å². The van der Waals surface area contributed by atoms with Gasteiger partial charge in [-0.2, -0.15) is 0 Å². The van der Waals surface area contributed by atoms with Crippen LogP contribution >= 0.6 is 23.4 Å². The summed E-state index contributed by atoms with van der Waals surface area (Å²) in [5.41, 5.74) is 1.66. The summed E-state index contributed by atoms with van der Waals surface area (Å²) in [6.07, 6.45) is 0.637. The third-order valence-corrected chi connectivity index (χ3v) is 4.22. The largest absolute Gasteiger partial charge is 0.301 e. The van der Waals surface area contributed by atoms with E-state index in [-0.39, 0.29) is 11.4 Å². The second-order valence-electron chi connectivity index (χ2n) is 4.28.